The number of hydrogen-bond acceptors (Lipinski definition) is 2. The van der Waals surface area contributed by atoms with Gasteiger partial charge in [0.05, 0.1) is 0 Å². The molecule has 0 aliphatic carbocycles. The normalized spacial score (nSPS) is 11.2. The van der Waals surface area contributed by atoms with Crippen molar-refractivity contribution in [3.05, 3.63) is 249 Å². The Bertz CT molecular complexity index is 3170. The van der Waals surface area contributed by atoms with E-state index in [2.05, 4.69) is 241 Å². The molecule has 0 bridgehead atoms. The second kappa shape index (κ2) is 16.1. The van der Waals surface area contributed by atoms with Crippen LogP contribution in [0.4, 0.5) is 17.1 Å². The van der Waals surface area contributed by atoms with E-state index >= 15 is 0 Å². The average Bonchev–Trinajstić information content (AvgIpc) is 3.74. The second-order valence-corrected chi connectivity index (χ2v) is 15.8. The Morgan fingerprint density at radius 3 is 0.968 bits per heavy atom. The molecule has 0 spiro atoms. The number of furan rings is 1. The molecule has 0 saturated carbocycles. The summed E-state index contributed by atoms with van der Waals surface area (Å²) in [5, 5.41) is 2.28. The fourth-order valence-electron chi connectivity index (χ4n) is 8.63. The first-order valence-electron chi connectivity index (χ1n) is 21.1. The predicted octanol–water partition coefficient (Wildman–Crippen LogP) is 17.1. The van der Waals surface area contributed by atoms with Gasteiger partial charge in [0.15, 0.2) is 0 Å². The Kier molecular flexibility index (Phi) is 9.57. The van der Waals surface area contributed by atoms with Crippen LogP contribution < -0.4 is 4.90 Å². The zero-order valence-electron chi connectivity index (χ0n) is 34.0. The van der Waals surface area contributed by atoms with Gasteiger partial charge in [0, 0.05) is 27.8 Å². The molecule has 1 aromatic heterocycles. The maximum atomic E-state index is 6.08. The molecule has 2 heteroatoms. The van der Waals surface area contributed by atoms with Crippen molar-refractivity contribution in [2.24, 2.45) is 0 Å². The third-order valence-corrected chi connectivity index (χ3v) is 11.9. The van der Waals surface area contributed by atoms with Gasteiger partial charge in [-0.3, -0.25) is 0 Å². The molecule has 0 aliphatic rings. The molecule has 292 valence electrons. The standard InChI is InChI=1S/C60H41NO/c1-3-11-42(12-4-1)49-15-9-17-51(39-49)47-27-34-55(35-28-47)61(56-36-29-48(30-37-56)52-18-10-16-50(40-52)43-13-5-2-6-14-43)54-32-25-45(26-33-54)44-21-23-46(24-22-44)53-31-38-60-58(41-53)57-19-7-8-20-59(57)62-60/h1-41H. The Balaban J connectivity index is 0.908. The van der Waals surface area contributed by atoms with E-state index in [-0.39, 0.29) is 0 Å². The van der Waals surface area contributed by atoms with Crippen LogP contribution in [0, 0.1) is 0 Å². The van der Waals surface area contributed by atoms with Gasteiger partial charge in [-0.1, -0.05) is 182 Å². The fourth-order valence-corrected chi connectivity index (χ4v) is 8.63. The number of rotatable bonds is 9. The van der Waals surface area contributed by atoms with Crippen LogP contribution in [0.5, 0.6) is 0 Å². The van der Waals surface area contributed by atoms with Crippen LogP contribution in [0.3, 0.4) is 0 Å². The minimum atomic E-state index is 0.912. The summed E-state index contributed by atoms with van der Waals surface area (Å²) >= 11 is 0. The van der Waals surface area contributed by atoms with Crippen molar-refractivity contribution in [1.29, 1.82) is 0 Å². The topological polar surface area (TPSA) is 16.4 Å². The quantitative estimate of drug-likeness (QED) is 0.145. The number of para-hydroxylation sites is 1. The summed E-state index contributed by atoms with van der Waals surface area (Å²) in [6.07, 6.45) is 0. The molecule has 2 nitrogen and oxygen atoms in total. The number of hydrogen-bond donors (Lipinski definition) is 0. The molecule has 62 heavy (non-hydrogen) atoms. The highest BCUT2D eigenvalue weighted by atomic mass is 16.3. The molecule has 0 N–H and O–H groups in total. The number of nitrogens with zero attached hydrogens (tertiary/aromatic N) is 1. The fraction of sp³-hybridized carbons (Fsp3) is 0. The van der Waals surface area contributed by atoms with Crippen molar-refractivity contribution in [2.75, 3.05) is 4.90 Å². The second-order valence-electron chi connectivity index (χ2n) is 15.8. The highest BCUT2D eigenvalue weighted by Crippen LogP contribution is 2.39. The minimum absolute atomic E-state index is 0.912. The zero-order valence-corrected chi connectivity index (χ0v) is 34.0. The lowest BCUT2D eigenvalue weighted by Gasteiger charge is -2.26. The predicted molar refractivity (Wildman–Crippen MR) is 261 cm³/mol. The number of anilines is 3. The molecule has 0 fully saturated rings. The van der Waals surface area contributed by atoms with Crippen LogP contribution in [-0.4, -0.2) is 0 Å². The molecule has 1 heterocycles. The van der Waals surface area contributed by atoms with Crippen molar-refractivity contribution in [3.63, 3.8) is 0 Å². The lowest BCUT2D eigenvalue weighted by Crippen LogP contribution is -2.09. The van der Waals surface area contributed by atoms with Gasteiger partial charge >= 0.3 is 0 Å². The summed E-state index contributed by atoms with van der Waals surface area (Å²) in [6, 6.07) is 89.1. The van der Waals surface area contributed by atoms with Crippen LogP contribution in [0.25, 0.3) is 88.7 Å². The van der Waals surface area contributed by atoms with Gasteiger partial charge in [-0.15, -0.1) is 0 Å². The summed E-state index contributed by atoms with van der Waals surface area (Å²) in [5.41, 5.74) is 19.4. The molecule has 10 aromatic carbocycles. The Labute approximate surface area is 362 Å². The average molecular weight is 792 g/mol. The summed E-state index contributed by atoms with van der Waals surface area (Å²) < 4.78 is 6.08. The molecule has 11 rings (SSSR count). The van der Waals surface area contributed by atoms with E-state index in [9.17, 15) is 0 Å². The SMILES string of the molecule is c1ccc(-c2cccc(-c3ccc(N(c4ccc(-c5ccc(-c6ccc7oc8ccccc8c7c6)cc5)cc4)c4ccc(-c5cccc(-c6ccccc6)c5)cc4)cc3)c2)cc1. The molecule has 0 aliphatic heterocycles. The molecule has 0 amide bonds. The van der Waals surface area contributed by atoms with Crippen molar-refractivity contribution in [3.8, 4) is 66.8 Å². The van der Waals surface area contributed by atoms with Gasteiger partial charge in [0.25, 0.3) is 0 Å². The maximum absolute atomic E-state index is 6.08. The van der Waals surface area contributed by atoms with Gasteiger partial charge in [-0.05, 0) is 133 Å². The van der Waals surface area contributed by atoms with Crippen LogP contribution in [0.2, 0.25) is 0 Å². The van der Waals surface area contributed by atoms with Crippen molar-refractivity contribution in [1.82, 2.24) is 0 Å². The smallest absolute Gasteiger partial charge is 0.135 e. The zero-order chi connectivity index (χ0) is 41.2. The van der Waals surface area contributed by atoms with Crippen molar-refractivity contribution >= 4 is 39.0 Å². The summed E-state index contributed by atoms with van der Waals surface area (Å²) in [6.45, 7) is 0. The number of benzene rings is 10. The highest BCUT2D eigenvalue weighted by molar-refractivity contribution is 6.06. The molecule has 0 atom stereocenters. The third kappa shape index (κ3) is 7.25. The largest absolute Gasteiger partial charge is 0.456 e. The Morgan fingerprint density at radius 2 is 0.516 bits per heavy atom. The first-order valence-corrected chi connectivity index (χ1v) is 21.1. The molecule has 11 aromatic rings. The van der Waals surface area contributed by atoms with E-state index in [0.29, 0.717) is 0 Å². The Morgan fingerprint density at radius 1 is 0.210 bits per heavy atom. The molecular weight excluding hydrogens is 751 g/mol. The van der Waals surface area contributed by atoms with Crippen LogP contribution in [-0.2, 0) is 0 Å². The lowest BCUT2D eigenvalue weighted by molar-refractivity contribution is 0.669. The summed E-state index contributed by atoms with van der Waals surface area (Å²) in [7, 11) is 0. The van der Waals surface area contributed by atoms with Gasteiger partial charge in [0.1, 0.15) is 11.2 Å². The highest BCUT2D eigenvalue weighted by Gasteiger charge is 2.15. The van der Waals surface area contributed by atoms with Crippen LogP contribution in [0.15, 0.2) is 253 Å². The minimum Gasteiger partial charge on any atom is -0.456 e. The molecule has 0 radical (unpaired) electrons. The first kappa shape index (κ1) is 36.8. The van der Waals surface area contributed by atoms with E-state index in [4.69, 9.17) is 4.42 Å². The molecule has 0 saturated heterocycles. The summed E-state index contributed by atoms with van der Waals surface area (Å²) in [4.78, 5) is 2.34. The van der Waals surface area contributed by atoms with E-state index < -0.39 is 0 Å². The third-order valence-electron chi connectivity index (χ3n) is 11.9. The molecular formula is C60H41NO. The molecule has 0 unspecified atom stereocenters. The monoisotopic (exact) mass is 791 g/mol. The van der Waals surface area contributed by atoms with E-state index in [1.807, 2.05) is 12.1 Å². The van der Waals surface area contributed by atoms with Gasteiger partial charge < -0.3 is 9.32 Å². The first-order chi connectivity index (χ1) is 30.7. The van der Waals surface area contributed by atoms with Crippen LogP contribution in [0.1, 0.15) is 0 Å². The maximum Gasteiger partial charge on any atom is 0.135 e. The van der Waals surface area contributed by atoms with E-state index in [1.54, 1.807) is 0 Å². The van der Waals surface area contributed by atoms with E-state index in [1.165, 1.54) is 66.8 Å². The Hall–Kier alpha value is -8.20. The number of fused-ring (bicyclic) bond motifs is 3. The van der Waals surface area contributed by atoms with Crippen LogP contribution >= 0.6 is 0 Å². The summed E-state index contributed by atoms with van der Waals surface area (Å²) in [5.74, 6) is 0. The van der Waals surface area contributed by atoms with Gasteiger partial charge in [-0.25, -0.2) is 0 Å². The van der Waals surface area contributed by atoms with Crippen molar-refractivity contribution < 1.29 is 4.42 Å². The van der Waals surface area contributed by atoms with Crippen molar-refractivity contribution in [2.45, 2.75) is 0 Å². The van der Waals surface area contributed by atoms with Gasteiger partial charge in [0.2, 0.25) is 0 Å². The lowest BCUT2D eigenvalue weighted by atomic mass is 9.98. The van der Waals surface area contributed by atoms with E-state index in [0.717, 1.165) is 39.0 Å². The van der Waals surface area contributed by atoms with Gasteiger partial charge in [-0.2, -0.15) is 0 Å².